The molecule has 316 valence electrons. The lowest BCUT2D eigenvalue weighted by Crippen LogP contribution is -2.20. The highest BCUT2D eigenvalue weighted by Gasteiger charge is 2.15. The van der Waals surface area contributed by atoms with Gasteiger partial charge in [-0.15, -0.1) is 12.8 Å². The maximum atomic E-state index is 13.7. The number of hydrogen-bond donors (Lipinski definition) is 6. The van der Waals surface area contributed by atoms with Crippen molar-refractivity contribution in [1.82, 2.24) is 25.4 Å². The molecule has 0 atom stereocenters. The summed E-state index contributed by atoms with van der Waals surface area (Å²) in [6.07, 6.45) is 13.5. The molecule has 0 aliphatic carbocycles. The largest absolute Gasteiger partial charge is 0.493 e. The van der Waals surface area contributed by atoms with Gasteiger partial charge in [-0.3, -0.25) is 14.8 Å². The van der Waals surface area contributed by atoms with E-state index >= 15 is 0 Å². The van der Waals surface area contributed by atoms with Crippen LogP contribution in [0.15, 0.2) is 73.3 Å². The van der Waals surface area contributed by atoms with Crippen LogP contribution in [0.2, 0.25) is 0 Å². The maximum absolute atomic E-state index is 13.7. The van der Waals surface area contributed by atoms with Crippen molar-refractivity contribution < 1.29 is 52.5 Å². The molecule has 6 aromatic rings. The van der Waals surface area contributed by atoms with Gasteiger partial charge in [-0.2, -0.15) is 0 Å². The Morgan fingerprint density at radius 3 is 1.57 bits per heavy atom. The van der Waals surface area contributed by atoms with Crippen molar-refractivity contribution >= 4 is 56.7 Å². The van der Waals surface area contributed by atoms with Gasteiger partial charge in [0.05, 0.1) is 69.0 Å². The Morgan fingerprint density at radius 2 is 1.16 bits per heavy atom. The zero-order chi connectivity index (χ0) is 44.3. The average molecular weight is 839 g/mol. The lowest BCUT2D eigenvalue weighted by molar-refractivity contribution is -0.143. The fourth-order valence-electron chi connectivity index (χ4n) is 5.36. The van der Waals surface area contributed by atoms with E-state index in [-0.39, 0.29) is 43.2 Å². The second-order valence-electron chi connectivity index (χ2n) is 11.9. The van der Waals surface area contributed by atoms with Gasteiger partial charge < -0.3 is 39.5 Å². The van der Waals surface area contributed by atoms with E-state index in [0.717, 1.165) is 0 Å². The highest BCUT2D eigenvalue weighted by Crippen LogP contribution is 2.36. The van der Waals surface area contributed by atoms with Crippen LogP contribution in [0.4, 0.5) is 31.8 Å². The molecule has 4 aromatic carbocycles. The Hall–Kier alpha value is -7.84. The number of carbonyl (C=O) groups excluding carboxylic acids is 2. The van der Waals surface area contributed by atoms with E-state index in [1.165, 1.54) is 56.6 Å². The third-order valence-corrected chi connectivity index (χ3v) is 8.19. The number of carbonyl (C=O) groups is 2. The number of benzene rings is 4. The summed E-state index contributed by atoms with van der Waals surface area (Å²) in [5.41, 5.74) is 4.13. The van der Waals surface area contributed by atoms with Crippen molar-refractivity contribution in [3.8, 4) is 47.7 Å². The molecule has 7 N–H and O–H groups in total. The number of halogens is 2. The number of ether oxygens (including phenoxy) is 5. The molecular weight excluding hydrogens is 799 g/mol. The molecule has 0 spiro atoms. The fourth-order valence-corrected chi connectivity index (χ4v) is 5.36. The summed E-state index contributed by atoms with van der Waals surface area (Å²) in [7, 11) is 2.99. The Labute approximate surface area is 348 Å². The van der Waals surface area contributed by atoms with Crippen LogP contribution in [0.3, 0.4) is 0 Å². The van der Waals surface area contributed by atoms with Gasteiger partial charge >= 0.3 is 5.97 Å². The highest BCUT2D eigenvalue weighted by molar-refractivity contribution is 5.94. The number of methoxy groups -OCH3 is 2. The van der Waals surface area contributed by atoms with Crippen molar-refractivity contribution in [3.63, 3.8) is 0 Å². The second kappa shape index (κ2) is 22.9. The van der Waals surface area contributed by atoms with Crippen LogP contribution in [-0.4, -0.2) is 76.3 Å². The van der Waals surface area contributed by atoms with Crippen LogP contribution in [0, 0.1) is 36.3 Å². The molecule has 61 heavy (non-hydrogen) atoms. The lowest BCUT2D eigenvalue weighted by Gasteiger charge is -2.14. The number of nitrogens with one attached hydrogen (secondary N) is 3. The van der Waals surface area contributed by atoms with Crippen LogP contribution in [0.5, 0.6) is 23.0 Å². The first-order chi connectivity index (χ1) is 29.6. The quantitative estimate of drug-likeness (QED) is 0.0304. The molecule has 1 amide bonds. The van der Waals surface area contributed by atoms with Crippen LogP contribution in [0.25, 0.3) is 21.8 Å². The molecule has 0 aliphatic heterocycles. The standard InChI is InChI=1S/C22H20FN3O4.C20H17FN4O4.H3NO/c1-4-14-10-15(6-7-17(14)23)26-22-16-11-20(30-9-8-21(27)29-5-2)19(28-3)12-18(16)24-13-25-22;1-3-12-8-13(4-5-15(12)21)24-20-14-9-18(29-7-6-19(26)25-27)17(28-2)10-16(14)22-11-23-20;1-2/h1,6-7,10-13H,5,8-9H2,2-3H3,(H,24,25,26);1,4-5,8-11,27H,6-7H2,2H3,(H,25,26)(H,22,23,24);2H,1H2. The third kappa shape index (κ3) is 12.3. The van der Waals surface area contributed by atoms with Crippen LogP contribution >= 0.6 is 0 Å². The predicted molar refractivity (Wildman–Crippen MR) is 220 cm³/mol. The molecule has 0 fully saturated rings. The molecule has 19 heteroatoms. The number of esters is 1. The van der Waals surface area contributed by atoms with Gasteiger partial charge in [-0.1, -0.05) is 11.8 Å². The van der Waals surface area contributed by atoms with E-state index in [0.29, 0.717) is 74.4 Å². The molecule has 0 aliphatic rings. The van der Waals surface area contributed by atoms with Gasteiger partial charge in [0.15, 0.2) is 23.0 Å². The first kappa shape index (κ1) is 45.9. The number of nitrogens with zero attached hydrogens (tertiary/aromatic N) is 4. The van der Waals surface area contributed by atoms with E-state index < -0.39 is 17.5 Å². The van der Waals surface area contributed by atoms with Crippen molar-refractivity contribution in [2.24, 2.45) is 5.90 Å². The van der Waals surface area contributed by atoms with Gasteiger partial charge in [-0.25, -0.2) is 40.1 Å². The normalized spacial score (nSPS) is 10.1. The fraction of sp³-hybridized carbons (Fsp3) is 0.190. The SMILES string of the molecule is C#Cc1cc(Nc2ncnc3cc(OC)c(OCCC(=O)NO)cc23)ccc1F.C#Cc1cc(Nc2ncnc3cc(OC)c(OCCC(=O)OCC)cc23)ccc1F.NO. The van der Waals surface area contributed by atoms with Gasteiger partial charge in [0, 0.05) is 34.3 Å². The molecule has 17 nitrogen and oxygen atoms in total. The van der Waals surface area contributed by atoms with E-state index in [2.05, 4.69) is 48.3 Å². The molecule has 2 aromatic heterocycles. The number of anilines is 4. The molecule has 6 rings (SSSR count). The first-order valence-corrected chi connectivity index (χ1v) is 17.9. The van der Waals surface area contributed by atoms with Crippen molar-refractivity contribution in [2.75, 3.05) is 44.7 Å². The molecule has 0 bridgehead atoms. The van der Waals surface area contributed by atoms with E-state index in [9.17, 15) is 18.4 Å². The highest BCUT2D eigenvalue weighted by atomic mass is 19.1. The number of nitrogens with two attached hydrogens (primary N) is 1. The molecule has 0 unspecified atom stereocenters. The monoisotopic (exact) mass is 838 g/mol. The van der Waals surface area contributed by atoms with E-state index in [4.69, 9.17) is 46.9 Å². The Morgan fingerprint density at radius 1 is 0.705 bits per heavy atom. The van der Waals surface area contributed by atoms with Crippen molar-refractivity contribution in [1.29, 1.82) is 0 Å². The predicted octanol–water partition coefficient (Wildman–Crippen LogP) is 5.95. The zero-order valence-electron chi connectivity index (χ0n) is 33.0. The summed E-state index contributed by atoms with van der Waals surface area (Å²) in [5.74, 6) is 8.81. The smallest absolute Gasteiger partial charge is 0.309 e. The Balaban J connectivity index is 0.000000258. The summed E-state index contributed by atoms with van der Waals surface area (Å²) < 4.78 is 54.2. The van der Waals surface area contributed by atoms with Crippen LogP contribution in [-0.2, 0) is 14.3 Å². The van der Waals surface area contributed by atoms with Crippen LogP contribution in [0.1, 0.15) is 30.9 Å². The Bertz CT molecular complexity index is 2570. The number of hydroxylamine groups is 1. The number of hydrogen-bond acceptors (Lipinski definition) is 16. The van der Waals surface area contributed by atoms with E-state index in [1.807, 2.05) is 0 Å². The minimum Gasteiger partial charge on any atom is -0.493 e. The number of amides is 1. The molecular formula is C42H40F2N8O9. The average Bonchev–Trinajstić information content (AvgIpc) is 3.28. The van der Waals surface area contributed by atoms with Crippen molar-refractivity contribution in [2.45, 2.75) is 19.8 Å². The van der Waals surface area contributed by atoms with Gasteiger partial charge in [-0.05, 0) is 55.5 Å². The molecule has 0 radical (unpaired) electrons. The third-order valence-electron chi connectivity index (χ3n) is 8.19. The molecule has 0 saturated heterocycles. The number of rotatable bonds is 15. The topological polar surface area (TPSA) is 234 Å². The minimum atomic E-state index is -0.573. The number of terminal acetylenes is 2. The summed E-state index contributed by atoms with van der Waals surface area (Å²) >= 11 is 0. The van der Waals surface area contributed by atoms with Crippen molar-refractivity contribution in [3.05, 3.63) is 96.1 Å². The minimum absolute atomic E-state index is 0.0220. The summed E-state index contributed by atoms with van der Waals surface area (Å²) in [6.45, 7) is 2.21. The Kier molecular flexibility index (Phi) is 17.2. The zero-order valence-corrected chi connectivity index (χ0v) is 33.0. The summed E-state index contributed by atoms with van der Waals surface area (Å²) in [4.78, 5) is 39.7. The molecule has 2 heterocycles. The summed E-state index contributed by atoms with van der Waals surface area (Å²) in [6, 6.07) is 15.4. The lowest BCUT2D eigenvalue weighted by atomic mass is 10.1. The molecule has 0 saturated carbocycles. The number of fused-ring (bicyclic) bond motifs is 2. The van der Waals surface area contributed by atoms with Crippen LogP contribution < -0.4 is 41.0 Å². The summed E-state index contributed by atoms with van der Waals surface area (Å²) in [5, 5.41) is 22.5. The first-order valence-electron chi connectivity index (χ1n) is 17.9. The van der Waals surface area contributed by atoms with Gasteiger partial charge in [0.25, 0.3) is 0 Å². The maximum Gasteiger partial charge on any atom is 0.309 e. The van der Waals surface area contributed by atoms with Gasteiger partial charge in [0.2, 0.25) is 5.91 Å². The van der Waals surface area contributed by atoms with Gasteiger partial charge in [0.1, 0.15) is 35.9 Å². The van der Waals surface area contributed by atoms with E-state index in [1.54, 1.807) is 43.3 Å². The number of aromatic nitrogens is 4. The second-order valence-corrected chi connectivity index (χ2v) is 11.9.